The van der Waals surface area contributed by atoms with E-state index in [1.165, 1.54) is 12.2 Å². The Labute approximate surface area is 157 Å². The summed E-state index contributed by atoms with van der Waals surface area (Å²) >= 11 is 6.00. The molecule has 2 aliphatic rings. The van der Waals surface area contributed by atoms with Gasteiger partial charge in [0.25, 0.3) is 5.91 Å². The summed E-state index contributed by atoms with van der Waals surface area (Å²) in [6, 6.07) is 6.80. The molecule has 1 aromatic rings. The first-order valence-electron chi connectivity index (χ1n) is 8.47. The van der Waals surface area contributed by atoms with Crippen LogP contribution in [0.1, 0.15) is 24.8 Å². The maximum atomic E-state index is 12.5. The Kier molecular flexibility index (Phi) is 5.67. The lowest BCUT2D eigenvalue weighted by Gasteiger charge is -2.28. The van der Waals surface area contributed by atoms with Gasteiger partial charge in [-0.3, -0.25) is 4.79 Å². The Balaban J connectivity index is 1.55. The van der Waals surface area contributed by atoms with E-state index >= 15 is 0 Å². The van der Waals surface area contributed by atoms with Gasteiger partial charge in [0.05, 0.1) is 11.5 Å². The molecule has 1 atom stereocenters. The largest absolute Gasteiger partial charge is 0.452 e. The summed E-state index contributed by atoms with van der Waals surface area (Å²) in [7, 11) is -3.08. The van der Waals surface area contributed by atoms with Crippen molar-refractivity contribution < 1.29 is 22.7 Å². The van der Waals surface area contributed by atoms with Gasteiger partial charge in [0.2, 0.25) is 0 Å². The summed E-state index contributed by atoms with van der Waals surface area (Å²) in [5.74, 6) is -0.883. The lowest BCUT2D eigenvalue weighted by atomic mass is 10.2. The lowest BCUT2D eigenvalue weighted by molar-refractivity contribution is -0.149. The van der Waals surface area contributed by atoms with Crippen LogP contribution in [-0.4, -0.2) is 55.4 Å². The standard InChI is InChI=1S/C18H20ClNO5S/c19-16-4-2-1-3-13(16)5-8-18(22)25-11-17(21)20(14-6-7-14)15-9-10-26(23,24)12-15/h1-5,8,14-15H,6-7,9-12H2/b8-5+/t15-/m1/s1. The van der Waals surface area contributed by atoms with Crippen LogP contribution in [0.5, 0.6) is 0 Å². The molecule has 1 amide bonds. The minimum Gasteiger partial charge on any atom is -0.452 e. The number of rotatable bonds is 6. The first kappa shape index (κ1) is 18.9. The van der Waals surface area contributed by atoms with Crippen molar-refractivity contribution in [1.82, 2.24) is 4.90 Å². The van der Waals surface area contributed by atoms with Gasteiger partial charge in [0.1, 0.15) is 0 Å². The summed E-state index contributed by atoms with van der Waals surface area (Å²) < 4.78 is 28.4. The van der Waals surface area contributed by atoms with Gasteiger partial charge in [-0.05, 0) is 37.0 Å². The van der Waals surface area contributed by atoms with Crippen LogP contribution in [0.3, 0.4) is 0 Å². The van der Waals surface area contributed by atoms with Crippen molar-refractivity contribution in [2.24, 2.45) is 0 Å². The molecule has 1 saturated carbocycles. The molecule has 1 aliphatic heterocycles. The smallest absolute Gasteiger partial charge is 0.331 e. The highest BCUT2D eigenvalue weighted by atomic mass is 35.5. The van der Waals surface area contributed by atoms with Crippen molar-refractivity contribution in [2.75, 3.05) is 18.1 Å². The van der Waals surface area contributed by atoms with Crippen LogP contribution < -0.4 is 0 Å². The number of hydrogen-bond donors (Lipinski definition) is 0. The van der Waals surface area contributed by atoms with Crippen LogP contribution in [0.4, 0.5) is 0 Å². The van der Waals surface area contributed by atoms with Crippen LogP contribution in [-0.2, 0) is 24.2 Å². The SMILES string of the molecule is O=C(/C=C/c1ccccc1Cl)OCC(=O)N(C1CC1)[C@@H]1CCS(=O)(=O)C1. The Morgan fingerprint density at radius 1 is 1.19 bits per heavy atom. The molecule has 8 heteroatoms. The quantitative estimate of drug-likeness (QED) is 0.542. The highest BCUT2D eigenvalue weighted by Crippen LogP contribution is 2.32. The highest BCUT2D eigenvalue weighted by molar-refractivity contribution is 7.91. The zero-order valence-electron chi connectivity index (χ0n) is 14.1. The first-order chi connectivity index (χ1) is 12.4. The Hall–Kier alpha value is -1.86. The van der Waals surface area contributed by atoms with Gasteiger partial charge in [-0.1, -0.05) is 29.8 Å². The molecule has 0 radical (unpaired) electrons. The average molecular weight is 398 g/mol. The van der Waals surface area contributed by atoms with E-state index in [0.717, 1.165) is 12.8 Å². The predicted octanol–water partition coefficient (Wildman–Crippen LogP) is 2.07. The van der Waals surface area contributed by atoms with Crippen molar-refractivity contribution in [3.63, 3.8) is 0 Å². The molecule has 0 aromatic heterocycles. The molecule has 0 unspecified atom stereocenters. The molecule has 6 nitrogen and oxygen atoms in total. The molecule has 1 aromatic carbocycles. The van der Waals surface area contributed by atoms with Crippen LogP contribution in [0.15, 0.2) is 30.3 Å². The second-order valence-electron chi connectivity index (χ2n) is 6.55. The maximum absolute atomic E-state index is 12.5. The van der Waals surface area contributed by atoms with Crippen molar-refractivity contribution in [1.29, 1.82) is 0 Å². The van der Waals surface area contributed by atoms with Gasteiger partial charge < -0.3 is 9.64 Å². The van der Waals surface area contributed by atoms with E-state index in [1.807, 2.05) is 0 Å². The van der Waals surface area contributed by atoms with E-state index in [9.17, 15) is 18.0 Å². The number of nitrogens with zero attached hydrogens (tertiary/aromatic N) is 1. The fourth-order valence-electron chi connectivity index (χ4n) is 3.08. The molecule has 140 valence electrons. The van der Waals surface area contributed by atoms with Gasteiger partial charge in [-0.25, -0.2) is 13.2 Å². The number of halogens is 1. The van der Waals surface area contributed by atoms with Gasteiger partial charge in [-0.15, -0.1) is 0 Å². The number of esters is 1. The minimum atomic E-state index is -3.08. The van der Waals surface area contributed by atoms with Crippen molar-refractivity contribution >= 4 is 39.4 Å². The number of ether oxygens (including phenoxy) is 1. The Bertz CT molecular complexity index is 832. The van der Waals surface area contributed by atoms with E-state index in [1.54, 1.807) is 29.2 Å². The van der Waals surface area contributed by atoms with Crippen LogP contribution >= 0.6 is 11.6 Å². The van der Waals surface area contributed by atoms with E-state index in [0.29, 0.717) is 17.0 Å². The second kappa shape index (κ2) is 7.80. The van der Waals surface area contributed by atoms with Crippen LogP contribution in [0, 0.1) is 0 Å². The summed E-state index contributed by atoms with van der Waals surface area (Å²) in [6.07, 6.45) is 4.92. The molecule has 1 aliphatic carbocycles. The first-order valence-corrected chi connectivity index (χ1v) is 10.7. The lowest BCUT2D eigenvalue weighted by Crippen LogP contribution is -2.44. The third-order valence-corrected chi connectivity index (χ3v) is 6.57. The van der Waals surface area contributed by atoms with Crippen molar-refractivity contribution in [2.45, 2.75) is 31.3 Å². The van der Waals surface area contributed by atoms with Gasteiger partial charge in [-0.2, -0.15) is 0 Å². The number of carbonyl (C=O) groups is 2. The topological polar surface area (TPSA) is 80.8 Å². The molecular weight excluding hydrogens is 378 g/mol. The summed E-state index contributed by atoms with van der Waals surface area (Å²) in [4.78, 5) is 25.9. The molecule has 1 saturated heterocycles. The molecule has 1 heterocycles. The summed E-state index contributed by atoms with van der Waals surface area (Å²) in [5, 5.41) is 0.509. The molecule has 0 N–H and O–H groups in total. The Morgan fingerprint density at radius 2 is 1.92 bits per heavy atom. The maximum Gasteiger partial charge on any atom is 0.331 e. The second-order valence-corrected chi connectivity index (χ2v) is 9.19. The molecule has 0 bridgehead atoms. The monoisotopic (exact) mass is 397 g/mol. The molecule has 0 spiro atoms. The number of carbonyl (C=O) groups excluding carboxylic acids is 2. The van der Waals surface area contributed by atoms with Gasteiger partial charge in [0.15, 0.2) is 16.4 Å². The van der Waals surface area contributed by atoms with E-state index in [2.05, 4.69) is 0 Å². The highest BCUT2D eigenvalue weighted by Gasteiger charge is 2.42. The molecule has 26 heavy (non-hydrogen) atoms. The molecule has 2 fully saturated rings. The minimum absolute atomic E-state index is 0.00437. The van der Waals surface area contributed by atoms with Crippen LogP contribution in [0.2, 0.25) is 5.02 Å². The zero-order chi connectivity index (χ0) is 18.7. The predicted molar refractivity (Wildman–Crippen MR) is 98.4 cm³/mol. The number of benzene rings is 1. The van der Waals surface area contributed by atoms with E-state index in [4.69, 9.17) is 16.3 Å². The van der Waals surface area contributed by atoms with E-state index < -0.39 is 22.4 Å². The summed E-state index contributed by atoms with van der Waals surface area (Å²) in [6.45, 7) is -0.390. The fourth-order valence-corrected chi connectivity index (χ4v) is 4.99. The molecular formula is C18H20ClNO5S. The van der Waals surface area contributed by atoms with Gasteiger partial charge in [0, 0.05) is 23.2 Å². The van der Waals surface area contributed by atoms with E-state index in [-0.39, 0.29) is 29.5 Å². The average Bonchev–Trinajstić information content (AvgIpc) is 3.35. The normalized spacial score (nSPS) is 21.7. The number of amides is 1. The van der Waals surface area contributed by atoms with Crippen molar-refractivity contribution in [3.8, 4) is 0 Å². The fraction of sp³-hybridized carbons (Fsp3) is 0.444. The third-order valence-electron chi connectivity index (χ3n) is 4.47. The molecule has 3 rings (SSSR count). The number of sulfone groups is 1. The Morgan fingerprint density at radius 3 is 2.54 bits per heavy atom. The van der Waals surface area contributed by atoms with Gasteiger partial charge >= 0.3 is 5.97 Å². The van der Waals surface area contributed by atoms with Crippen LogP contribution in [0.25, 0.3) is 6.08 Å². The third kappa shape index (κ3) is 4.86. The van der Waals surface area contributed by atoms with Crippen molar-refractivity contribution in [3.05, 3.63) is 40.9 Å². The summed E-state index contributed by atoms with van der Waals surface area (Å²) in [5.41, 5.74) is 0.674. The number of hydrogen-bond acceptors (Lipinski definition) is 5. The zero-order valence-corrected chi connectivity index (χ0v) is 15.7.